The highest BCUT2D eigenvalue weighted by Gasteiger charge is 2.13. The van der Waals surface area contributed by atoms with Gasteiger partial charge in [0, 0.05) is 18.2 Å². The Bertz CT molecular complexity index is 728. The molecule has 112 valence electrons. The Kier molecular flexibility index (Phi) is 4.05. The molecule has 2 aromatic carbocycles. The number of halogens is 1. The van der Waals surface area contributed by atoms with Gasteiger partial charge in [-0.15, -0.1) is 0 Å². The van der Waals surface area contributed by atoms with Crippen molar-refractivity contribution in [3.05, 3.63) is 65.5 Å². The minimum absolute atomic E-state index is 0.219. The van der Waals surface area contributed by atoms with Crippen molar-refractivity contribution in [2.24, 2.45) is 0 Å². The number of fused-ring (bicyclic) bond motifs is 1. The van der Waals surface area contributed by atoms with Crippen LogP contribution in [0.1, 0.15) is 11.1 Å². The minimum atomic E-state index is -0.359. The first-order valence-electron chi connectivity index (χ1n) is 6.81. The standard InChI is InChI=1S/C17H14FNO3/c18-14-4-2-1-3-13(14)6-8-17(20)19-10-12-5-7-15-16(9-12)22-11-21-15/h1-9H,10-11H2,(H,19,20)/b8-6+. The van der Waals surface area contributed by atoms with Gasteiger partial charge in [-0.3, -0.25) is 4.79 Å². The Hall–Kier alpha value is -2.82. The topological polar surface area (TPSA) is 47.6 Å². The number of carbonyl (C=O) groups is 1. The molecule has 1 aliphatic rings. The third-order valence-electron chi connectivity index (χ3n) is 3.22. The Morgan fingerprint density at radius 2 is 2.00 bits per heavy atom. The summed E-state index contributed by atoms with van der Waals surface area (Å²) in [5, 5.41) is 2.74. The van der Waals surface area contributed by atoms with Crippen molar-refractivity contribution in [2.45, 2.75) is 6.54 Å². The zero-order chi connectivity index (χ0) is 15.4. The molecule has 4 nitrogen and oxygen atoms in total. The van der Waals surface area contributed by atoms with Crippen LogP contribution in [0.4, 0.5) is 4.39 Å². The summed E-state index contributed by atoms with van der Waals surface area (Å²) in [6, 6.07) is 11.8. The van der Waals surface area contributed by atoms with E-state index in [-0.39, 0.29) is 18.5 Å². The number of amides is 1. The molecule has 0 bridgehead atoms. The van der Waals surface area contributed by atoms with Crippen LogP contribution < -0.4 is 14.8 Å². The van der Waals surface area contributed by atoms with E-state index in [4.69, 9.17) is 9.47 Å². The molecule has 0 radical (unpaired) electrons. The smallest absolute Gasteiger partial charge is 0.244 e. The van der Waals surface area contributed by atoms with Gasteiger partial charge in [0.05, 0.1) is 0 Å². The van der Waals surface area contributed by atoms with Crippen LogP contribution in [0, 0.1) is 5.82 Å². The summed E-state index contributed by atoms with van der Waals surface area (Å²) in [6.07, 6.45) is 2.76. The maximum atomic E-state index is 13.4. The second-order valence-corrected chi connectivity index (χ2v) is 4.76. The molecule has 0 spiro atoms. The van der Waals surface area contributed by atoms with E-state index in [0.717, 1.165) is 5.56 Å². The normalized spacial score (nSPS) is 12.6. The Labute approximate surface area is 127 Å². The fourth-order valence-corrected chi connectivity index (χ4v) is 2.07. The second kappa shape index (κ2) is 6.30. The van der Waals surface area contributed by atoms with Crippen molar-refractivity contribution in [3.63, 3.8) is 0 Å². The lowest BCUT2D eigenvalue weighted by molar-refractivity contribution is -0.116. The van der Waals surface area contributed by atoms with E-state index in [9.17, 15) is 9.18 Å². The Morgan fingerprint density at radius 3 is 2.86 bits per heavy atom. The first-order valence-corrected chi connectivity index (χ1v) is 6.81. The highest BCUT2D eigenvalue weighted by Crippen LogP contribution is 2.32. The molecule has 1 N–H and O–H groups in total. The van der Waals surface area contributed by atoms with Gasteiger partial charge in [0.2, 0.25) is 12.7 Å². The van der Waals surface area contributed by atoms with E-state index in [2.05, 4.69) is 5.32 Å². The summed E-state index contributed by atoms with van der Waals surface area (Å²) in [4.78, 5) is 11.8. The number of rotatable bonds is 4. The summed E-state index contributed by atoms with van der Waals surface area (Å²) in [5.74, 6) is 0.728. The van der Waals surface area contributed by atoms with Crippen LogP contribution in [-0.2, 0) is 11.3 Å². The highest BCUT2D eigenvalue weighted by atomic mass is 19.1. The lowest BCUT2D eigenvalue weighted by Gasteiger charge is -2.04. The first-order chi connectivity index (χ1) is 10.7. The van der Waals surface area contributed by atoms with Gasteiger partial charge in [-0.25, -0.2) is 4.39 Å². The van der Waals surface area contributed by atoms with Crippen LogP contribution in [0.5, 0.6) is 11.5 Å². The predicted molar refractivity (Wildman–Crippen MR) is 79.8 cm³/mol. The minimum Gasteiger partial charge on any atom is -0.454 e. The third kappa shape index (κ3) is 3.25. The molecule has 0 saturated carbocycles. The summed E-state index contributed by atoms with van der Waals surface area (Å²) in [7, 11) is 0. The lowest BCUT2D eigenvalue weighted by Crippen LogP contribution is -2.20. The molecular weight excluding hydrogens is 285 g/mol. The van der Waals surface area contributed by atoms with Crippen LogP contribution in [0.2, 0.25) is 0 Å². The molecular formula is C17H14FNO3. The van der Waals surface area contributed by atoms with Gasteiger partial charge in [0.15, 0.2) is 11.5 Å². The average molecular weight is 299 g/mol. The zero-order valence-corrected chi connectivity index (χ0v) is 11.7. The molecule has 1 amide bonds. The molecule has 0 saturated heterocycles. The van der Waals surface area contributed by atoms with Crippen LogP contribution in [-0.4, -0.2) is 12.7 Å². The van der Waals surface area contributed by atoms with Gasteiger partial charge >= 0.3 is 0 Å². The molecule has 0 atom stereocenters. The first kappa shape index (κ1) is 14.1. The van der Waals surface area contributed by atoms with Crippen molar-refractivity contribution in [3.8, 4) is 11.5 Å². The molecule has 5 heteroatoms. The van der Waals surface area contributed by atoms with Gasteiger partial charge < -0.3 is 14.8 Å². The van der Waals surface area contributed by atoms with Crippen molar-refractivity contribution in [1.82, 2.24) is 5.32 Å². The number of hydrogen-bond donors (Lipinski definition) is 1. The quantitative estimate of drug-likeness (QED) is 0.883. The molecule has 2 aromatic rings. The molecule has 1 heterocycles. The summed E-state index contributed by atoms with van der Waals surface area (Å²) in [6.45, 7) is 0.577. The van der Waals surface area contributed by atoms with E-state index in [1.54, 1.807) is 24.3 Å². The van der Waals surface area contributed by atoms with E-state index in [1.165, 1.54) is 18.2 Å². The maximum absolute atomic E-state index is 13.4. The summed E-state index contributed by atoms with van der Waals surface area (Å²) >= 11 is 0. The van der Waals surface area contributed by atoms with Crippen LogP contribution >= 0.6 is 0 Å². The van der Waals surface area contributed by atoms with Crippen LogP contribution in [0.15, 0.2) is 48.5 Å². The predicted octanol–water partition coefficient (Wildman–Crippen LogP) is 2.88. The summed E-state index contributed by atoms with van der Waals surface area (Å²) < 4.78 is 23.9. The van der Waals surface area contributed by atoms with Crippen molar-refractivity contribution in [2.75, 3.05) is 6.79 Å². The fourth-order valence-electron chi connectivity index (χ4n) is 2.07. The number of hydrogen-bond acceptors (Lipinski definition) is 3. The van der Waals surface area contributed by atoms with E-state index in [1.807, 2.05) is 12.1 Å². The van der Waals surface area contributed by atoms with Crippen molar-refractivity contribution in [1.29, 1.82) is 0 Å². The average Bonchev–Trinajstić information content (AvgIpc) is 2.99. The Morgan fingerprint density at radius 1 is 1.18 bits per heavy atom. The van der Waals surface area contributed by atoms with Crippen molar-refractivity contribution < 1.29 is 18.7 Å². The second-order valence-electron chi connectivity index (χ2n) is 4.76. The maximum Gasteiger partial charge on any atom is 0.244 e. The van der Waals surface area contributed by atoms with Crippen molar-refractivity contribution >= 4 is 12.0 Å². The highest BCUT2D eigenvalue weighted by molar-refractivity contribution is 5.91. The molecule has 3 rings (SSSR count). The van der Waals surface area contributed by atoms with Gasteiger partial charge in [0.1, 0.15) is 5.82 Å². The van der Waals surface area contributed by atoms with E-state index < -0.39 is 0 Å². The summed E-state index contributed by atoms with van der Waals surface area (Å²) in [5.41, 5.74) is 1.28. The molecule has 1 aliphatic heterocycles. The van der Waals surface area contributed by atoms with Crippen LogP contribution in [0.3, 0.4) is 0 Å². The number of carbonyl (C=O) groups excluding carboxylic acids is 1. The third-order valence-corrected chi connectivity index (χ3v) is 3.22. The van der Waals surface area contributed by atoms with Crippen LogP contribution in [0.25, 0.3) is 6.08 Å². The molecule has 0 unspecified atom stereocenters. The molecule has 0 aromatic heterocycles. The van der Waals surface area contributed by atoms with E-state index >= 15 is 0 Å². The number of nitrogens with one attached hydrogen (secondary N) is 1. The lowest BCUT2D eigenvalue weighted by atomic mass is 10.2. The SMILES string of the molecule is O=C(/C=C/c1ccccc1F)NCc1ccc2c(c1)OCO2. The molecule has 0 aliphatic carbocycles. The molecule has 0 fully saturated rings. The largest absolute Gasteiger partial charge is 0.454 e. The zero-order valence-electron chi connectivity index (χ0n) is 11.7. The molecule has 22 heavy (non-hydrogen) atoms. The fraction of sp³-hybridized carbons (Fsp3) is 0.118. The van der Waals surface area contributed by atoms with Gasteiger partial charge in [-0.2, -0.15) is 0 Å². The number of ether oxygens (including phenoxy) is 2. The monoisotopic (exact) mass is 299 g/mol. The number of benzene rings is 2. The van der Waals surface area contributed by atoms with Gasteiger partial charge in [-0.1, -0.05) is 24.3 Å². The van der Waals surface area contributed by atoms with Gasteiger partial charge in [0.25, 0.3) is 0 Å². The van der Waals surface area contributed by atoms with E-state index in [0.29, 0.717) is 23.6 Å². The Balaban J connectivity index is 1.57. The van der Waals surface area contributed by atoms with Gasteiger partial charge in [-0.05, 0) is 29.8 Å².